The van der Waals surface area contributed by atoms with Gasteiger partial charge < -0.3 is 9.13 Å². The molecule has 2 heteroatoms. The van der Waals surface area contributed by atoms with Crippen LogP contribution in [0.25, 0.3) is 60.6 Å². The molecule has 2 heterocycles. The van der Waals surface area contributed by atoms with Crippen molar-refractivity contribution in [1.29, 1.82) is 0 Å². The molecule has 184 valence electrons. The van der Waals surface area contributed by atoms with Crippen molar-refractivity contribution in [3.63, 3.8) is 0 Å². The SMILES string of the molecule is C1=CC(n2c3ccccc3c3ccccc32)=CC=C(c2ccc(-n3c4ccccc4c4ccccc43)cc2)C1. The predicted molar refractivity (Wildman–Crippen MR) is 166 cm³/mol. The second-order valence-corrected chi connectivity index (χ2v) is 10.2. The summed E-state index contributed by atoms with van der Waals surface area (Å²) in [6, 6.07) is 43.7. The van der Waals surface area contributed by atoms with Gasteiger partial charge in [0.2, 0.25) is 0 Å². The fourth-order valence-electron chi connectivity index (χ4n) is 6.21. The van der Waals surface area contributed by atoms with Crippen molar-refractivity contribution < 1.29 is 0 Å². The van der Waals surface area contributed by atoms with E-state index in [4.69, 9.17) is 0 Å². The van der Waals surface area contributed by atoms with Gasteiger partial charge in [0.25, 0.3) is 0 Å². The molecule has 0 radical (unpaired) electrons. The Kier molecular flexibility index (Phi) is 4.92. The summed E-state index contributed by atoms with van der Waals surface area (Å²) in [5, 5.41) is 5.15. The van der Waals surface area contributed by atoms with Crippen LogP contribution in [-0.2, 0) is 0 Å². The number of fused-ring (bicyclic) bond motifs is 6. The number of aromatic nitrogens is 2. The van der Waals surface area contributed by atoms with Crippen LogP contribution in [-0.4, -0.2) is 9.13 Å². The molecule has 0 unspecified atom stereocenters. The Morgan fingerprint density at radius 2 is 0.897 bits per heavy atom. The second kappa shape index (κ2) is 8.75. The average Bonchev–Trinajstić information content (AvgIpc) is 3.39. The summed E-state index contributed by atoms with van der Waals surface area (Å²) in [6.07, 6.45) is 9.99. The van der Waals surface area contributed by atoms with Crippen LogP contribution >= 0.6 is 0 Å². The molecule has 0 fully saturated rings. The van der Waals surface area contributed by atoms with Gasteiger partial charge in [-0.2, -0.15) is 0 Å². The minimum absolute atomic E-state index is 0.895. The van der Waals surface area contributed by atoms with Gasteiger partial charge in [-0.1, -0.05) is 97.1 Å². The van der Waals surface area contributed by atoms with Crippen molar-refractivity contribution in [3.05, 3.63) is 151 Å². The molecule has 7 aromatic rings. The lowest BCUT2D eigenvalue weighted by Crippen LogP contribution is -1.94. The molecule has 0 saturated carbocycles. The normalized spacial score (nSPS) is 13.7. The zero-order valence-electron chi connectivity index (χ0n) is 21.5. The van der Waals surface area contributed by atoms with Gasteiger partial charge in [-0.05, 0) is 66.1 Å². The largest absolute Gasteiger partial charge is 0.309 e. The zero-order chi connectivity index (χ0) is 25.8. The van der Waals surface area contributed by atoms with Gasteiger partial charge in [-0.3, -0.25) is 0 Å². The number of para-hydroxylation sites is 4. The number of nitrogens with zero attached hydrogens (tertiary/aromatic N) is 2. The first-order valence-corrected chi connectivity index (χ1v) is 13.5. The van der Waals surface area contributed by atoms with Crippen LogP contribution in [0.4, 0.5) is 0 Å². The molecule has 0 N–H and O–H groups in total. The van der Waals surface area contributed by atoms with Gasteiger partial charge in [-0.15, -0.1) is 0 Å². The zero-order valence-corrected chi connectivity index (χ0v) is 21.5. The fraction of sp³-hybridized carbons (Fsp3) is 0.0270. The lowest BCUT2D eigenvalue weighted by molar-refractivity contribution is 1.18. The molecule has 1 aliphatic carbocycles. The van der Waals surface area contributed by atoms with Crippen molar-refractivity contribution in [2.75, 3.05) is 0 Å². The van der Waals surface area contributed by atoms with Crippen molar-refractivity contribution in [1.82, 2.24) is 9.13 Å². The second-order valence-electron chi connectivity index (χ2n) is 10.2. The van der Waals surface area contributed by atoms with Gasteiger partial charge in [-0.25, -0.2) is 0 Å². The van der Waals surface area contributed by atoms with Crippen LogP contribution in [0.15, 0.2) is 146 Å². The summed E-state index contributed by atoms with van der Waals surface area (Å²) in [5.74, 6) is 0. The third kappa shape index (κ3) is 3.42. The molecular weight excluding hydrogens is 472 g/mol. The monoisotopic (exact) mass is 498 g/mol. The summed E-state index contributed by atoms with van der Waals surface area (Å²) in [7, 11) is 0. The van der Waals surface area contributed by atoms with E-state index in [0.717, 1.165) is 6.42 Å². The topological polar surface area (TPSA) is 9.86 Å². The first kappa shape index (κ1) is 22.0. The summed E-state index contributed by atoms with van der Waals surface area (Å²) in [5.41, 5.74) is 9.89. The molecule has 0 spiro atoms. The summed E-state index contributed by atoms with van der Waals surface area (Å²) < 4.78 is 4.75. The molecule has 0 saturated heterocycles. The molecule has 0 aliphatic heterocycles. The first-order valence-electron chi connectivity index (χ1n) is 13.5. The molecule has 0 atom stereocenters. The van der Waals surface area contributed by atoms with Crippen LogP contribution in [0.5, 0.6) is 0 Å². The standard InChI is InChI=1S/C37H26N2/c1-5-16-34-30(12-1)31-13-2-6-17-35(31)38(34)28-11-9-10-26(20-23-28)27-21-24-29(25-22-27)39-36-18-7-3-14-32(36)33-15-4-8-19-37(33)39/h1-9,11-25H,10H2. The fourth-order valence-corrected chi connectivity index (χ4v) is 6.21. The van der Waals surface area contributed by atoms with Crippen LogP contribution in [0.1, 0.15) is 12.0 Å². The highest BCUT2D eigenvalue weighted by Crippen LogP contribution is 2.35. The van der Waals surface area contributed by atoms with E-state index in [1.165, 1.54) is 66.1 Å². The van der Waals surface area contributed by atoms with Crippen molar-refractivity contribution in [3.8, 4) is 5.69 Å². The van der Waals surface area contributed by atoms with Gasteiger partial charge in [0.15, 0.2) is 0 Å². The van der Waals surface area contributed by atoms with E-state index in [9.17, 15) is 0 Å². The number of allylic oxidation sites excluding steroid dienone is 6. The van der Waals surface area contributed by atoms with Crippen molar-refractivity contribution >= 4 is 54.9 Å². The maximum atomic E-state index is 2.38. The Labute approximate surface area is 227 Å². The molecular formula is C37H26N2. The molecule has 0 bridgehead atoms. The van der Waals surface area contributed by atoms with Crippen LogP contribution in [0, 0.1) is 0 Å². The van der Waals surface area contributed by atoms with Crippen LogP contribution in [0.3, 0.4) is 0 Å². The Morgan fingerprint density at radius 3 is 1.41 bits per heavy atom. The molecule has 5 aromatic carbocycles. The van der Waals surface area contributed by atoms with Crippen molar-refractivity contribution in [2.24, 2.45) is 0 Å². The Morgan fingerprint density at radius 1 is 0.436 bits per heavy atom. The molecule has 2 nitrogen and oxygen atoms in total. The Hall–Kier alpha value is -5.08. The first-order chi connectivity index (χ1) is 19.4. The summed E-state index contributed by atoms with van der Waals surface area (Å²) >= 11 is 0. The third-order valence-electron chi connectivity index (χ3n) is 8.00. The van der Waals surface area contributed by atoms with E-state index in [1.807, 2.05) is 0 Å². The minimum atomic E-state index is 0.895. The predicted octanol–water partition coefficient (Wildman–Crippen LogP) is 9.78. The third-order valence-corrected chi connectivity index (χ3v) is 8.00. The van der Waals surface area contributed by atoms with E-state index in [-0.39, 0.29) is 0 Å². The maximum absolute atomic E-state index is 2.38. The lowest BCUT2D eigenvalue weighted by atomic mass is 10.0. The maximum Gasteiger partial charge on any atom is 0.0541 e. The molecule has 8 rings (SSSR count). The number of hydrogen-bond acceptors (Lipinski definition) is 0. The molecule has 0 amide bonds. The Bertz CT molecular complexity index is 2020. The minimum Gasteiger partial charge on any atom is -0.309 e. The lowest BCUT2D eigenvalue weighted by Gasteiger charge is -2.10. The van der Waals surface area contributed by atoms with E-state index in [0.29, 0.717) is 0 Å². The number of benzene rings is 5. The highest BCUT2D eigenvalue weighted by Gasteiger charge is 2.14. The highest BCUT2D eigenvalue weighted by atomic mass is 15.0. The van der Waals surface area contributed by atoms with Gasteiger partial charge in [0.1, 0.15) is 0 Å². The number of hydrogen-bond donors (Lipinski definition) is 0. The van der Waals surface area contributed by atoms with E-state index in [1.54, 1.807) is 0 Å². The Balaban J connectivity index is 1.20. The highest BCUT2D eigenvalue weighted by molar-refractivity contribution is 6.11. The number of rotatable bonds is 3. The molecule has 2 aromatic heterocycles. The average molecular weight is 499 g/mol. The molecule has 1 aliphatic rings. The quantitative estimate of drug-likeness (QED) is 0.229. The van der Waals surface area contributed by atoms with E-state index >= 15 is 0 Å². The van der Waals surface area contributed by atoms with Gasteiger partial charge in [0, 0.05) is 32.9 Å². The van der Waals surface area contributed by atoms with E-state index < -0.39 is 0 Å². The van der Waals surface area contributed by atoms with Crippen molar-refractivity contribution in [2.45, 2.75) is 6.42 Å². The summed E-state index contributed by atoms with van der Waals surface area (Å²) in [4.78, 5) is 0. The van der Waals surface area contributed by atoms with Crippen LogP contribution in [0.2, 0.25) is 0 Å². The van der Waals surface area contributed by atoms with Gasteiger partial charge in [0.05, 0.1) is 22.1 Å². The summed E-state index contributed by atoms with van der Waals surface area (Å²) in [6.45, 7) is 0. The van der Waals surface area contributed by atoms with Crippen LogP contribution < -0.4 is 0 Å². The molecule has 39 heavy (non-hydrogen) atoms. The van der Waals surface area contributed by atoms with E-state index in [2.05, 4.69) is 155 Å². The van der Waals surface area contributed by atoms with Gasteiger partial charge >= 0.3 is 0 Å². The smallest absolute Gasteiger partial charge is 0.0541 e.